The maximum Gasteiger partial charge on any atom is 0.337 e. The molecule has 3 heterocycles. The molecule has 0 fully saturated rings. The molecule has 1 aromatic carbocycles. The van der Waals surface area contributed by atoms with Gasteiger partial charge in [0.05, 0.1) is 29.7 Å². The van der Waals surface area contributed by atoms with Crippen molar-refractivity contribution in [1.82, 2.24) is 19.3 Å². The number of carbonyl (C=O) groups excluding carboxylic acids is 1. The molecule has 3 aromatic rings. The van der Waals surface area contributed by atoms with Crippen molar-refractivity contribution in [2.45, 2.75) is 32.1 Å². The predicted octanol–water partition coefficient (Wildman–Crippen LogP) is 3.69. The molecule has 0 amide bonds. The third kappa shape index (κ3) is 3.18. The number of imidazole rings is 1. The van der Waals surface area contributed by atoms with Gasteiger partial charge in [-0.2, -0.15) is 5.10 Å². The number of esters is 1. The van der Waals surface area contributed by atoms with Crippen molar-refractivity contribution in [3.05, 3.63) is 43.9 Å². The Hall–Kier alpha value is -1.82. The van der Waals surface area contributed by atoms with Crippen molar-refractivity contribution in [1.29, 1.82) is 0 Å². The fourth-order valence-electron chi connectivity index (χ4n) is 3.41. The van der Waals surface area contributed by atoms with Gasteiger partial charge in [0.2, 0.25) is 0 Å². The summed E-state index contributed by atoms with van der Waals surface area (Å²) in [6.07, 6.45) is 0.546. The van der Waals surface area contributed by atoms with E-state index in [0.717, 1.165) is 0 Å². The monoisotopic (exact) mass is 504 g/mol. The maximum atomic E-state index is 14.3. The van der Waals surface area contributed by atoms with Gasteiger partial charge >= 0.3 is 5.97 Å². The van der Waals surface area contributed by atoms with Crippen LogP contribution in [0.5, 0.6) is 0 Å². The molecule has 2 atom stereocenters. The summed E-state index contributed by atoms with van der Waals surface area (Å²) < 4.78 is 37.5. The number of hydrogen-bond acceptors (Lipinski definition) is 4. The molecule has 0 saturated carbocycles. The molecule has 0 radical (unpaired) electrons. The van der Waals surface area contributed by atoms with Gasteiger partial charge in [-0.15, -0.1) is 0 Å². The molecule has 0 aliphatic carbocycles. The molecule has 1 N–H and O–H groups in total. The van der Waals surface area contributed by atoms with Gasteiger partial charge in [0, 0.05) is 21.9 Å². The lowest BCUT2D eigenvalue weighted by Crippen LogP contribution is -2.25. The molecule has 1 aliphatic rings. The molecule has 6 nitrogen and oxygen atoms in total. The molecular formula is C17H15F2IN4O2S. The highest BCUT2D eigenvalue weighted by atomic mass is 127. The summed E-state index contributed by atoms with van der Waals surface area (Å²) in [6, 6.07) is 2.12. The van der Waals surface area contributed by atoms with E-state index < -0.39 is 24.0 Å². The van der Waals surface area contributed by atoms with E-state index >= 15 is 0 Å². The van der Waals surface area contributed by atoms with E-state index in [0.29, 0.717) is 30.6 Å². The second-order valence-electron chi connectivity index (χ2n) is 6.29. The number of benzene rings is 1. The van der Waals surface area contributed by atoms with Crippen LogP contribution in [0.2, 0.25) is 0 Å². The number of H-pyrrole nitrogens is 1. The molecule has 1 unspecified atom stereocenters. The van der Waals surface area contributed by atoms with Crippen molar-refractivity contribution in [3.8, 4) is 0 Å². The number of rotatable bonds is 4. The topological polar surface area (TPSA) is 64.8 Å². The summed E-state index contributed by atoms with van der Waals surface area (Å²) in [7, 11) is 0. The zero-order valence-electron chi connectivity index (χ0n) is 14.2. The van der Waals surface area contributed by atoms with E-state index in [1.165, 1.54) is 16.9 Å². The molecular weight excluding hydrogens is 489 g/mol. The Kier molecular flexibility index (Phi) is 4.78. The number of hydrogen-bond donors (Lipinski definition) is 1. The third-order valence-electron chi connectivity index (χ3n) is 4.52. The van der Waals surface area contributed by atoms with Crippen LogP contribution >= 0.6 is 34.8 Å². The first kappa shape index (κ1) is 18.5. The van der Waals surface area contributed by atoms with Gasteiger partial charge in [-0.25, -0.2) is 13.6 Å². The van der Waals surface area contributed by atoms with Crippen molar-refractivity contribution < 1.29 is 18.3 Å². The largest absolute Gasteiger partial charge is 0.464 e. The minimum atomic E-state index is -1.06. The minimum absolute atomic E-state index is 0.144. The van der Waals surface area contributed by atoms with Crippen LogP contribution in [-0.4, -0.2) is 38.1 Å². The number of carbonyl (C=O) groups is 1. The van der Waals surface area contributed by atoms with Crippen molar-refractivity contribution in [2.24, 2.45) is 0 Å². The van der Waals surface area contributed by atoms with Crippen LogP contribution in [0.15, 0.2) is 18.3 Å². The lowest BCUT2D eigenvalue weighted by Gasteiger charge is -2.16. The lowest BCUT2D eigenvalue weighted by molar-refractivity contribution is -0.146. The fraction of sp³-hybridized carbons (Fsp3) is 0.353. The fourth-order valence-corrected chi connectivity index (χ4v) is 4.28. The molecule has 142 valence electrons. The Morgan fingerprint density at radius 3 is 3.07 bits per heavy atom. The van der Waals surface area contributed by atoms with Gasteiger partial charge < -0.3 is 14.3 Å². The molecule has 0 spiro atoms. The van der Waals surface area contributed by atoms with Crippen LogP contribution in [0.3, 0.4) is 0 Å². The molecule has 27 heavy (non-hydrogen) atoms. The summed E-state index contributed by atoms with van der Waals surface area (Å²) in [4.78, 5) is 15.7. The first-order chi connectivity index (χ1) is 12.9. The molecule has 4 rings (SSSR count). The number of aromatic nitrogens is 4. The highest BCUT2D eigenvalue weighted by molar-refractivity contribution is 14.1. The molecule has 10 heteroatoms. The quantitative estimate of drug-likeness (QED) is 0.335. The van der Waals surface area contributed by atoms with Crippen molar-refractivity contribution in [2.75, 3.05) is 6.61 Å². The van der Waals surface area contributed by atoms with E-state index in [1.807, 2.05) is 22.6 Å². The van der Waals surface area contributed by atoms with Crippen molar-refractivity contribution in [3.63, 3.8) is 0 Å². The number of fused-ring (bicyclic) bond motifs is 2. The zero-order valence-corrected chi connectivity index (χ0v) is 17.2. The van der Waals surface area contributed by atoms with Crippen LogP contribution < -0.4 is 0 Å². The van der Waals surface area contributed by atoms with Gasteiger partial charge in [0.1, 0.15) is 12.0 Å². The van der Waals surface area contributed by atoms with Crippen LogP contribution in [0.25, 0.3) is 10.9 Å². The van der Waals surface area contributed by atoms with Gasteiger partial charge in [-0.05, 0) is 53.9 Å². The normalized spacial score (nSPS) is 17.3. The number of nitrogens with one attached hydrogen (secondary N) is 1. The molecule has 1 aliphatic heterocycles. The summed E-state index contributed by atoms with van der Waals surface area (Å²) in [6.45, 7) is 2.01. The Morgan fingerprint density at radius 1 is 1.56 bits per heavy atom. The summed E-state index contributed by atoms with van der Waals surface area (Å²) in [5, 5.41) is 4.68. The molecule has 2 aromatic heterocycles. The average Bonchev–Trinajstić information content (AvgIpc) is 3.24. The number of ether oxygens (including phenoxy) is 1. The first-order valence-corrected chi connectivity index (χ1v) is 9.84. The second-order valence-corrected chi connectivity index (χ2v) is 7.92. The first-order valence-electron chi connectivity index (χ1n) is 8.35. The Morgan fingerprint density at radius 2 is 2.33 bits per heavy atom. The number of nitrogens with zero attached hydrogens (tertiary/aromatic N) is 3. The zero-order chi connectivity index (χ0) is 19.3. The van der Waals surface area contributed by atoms with Crippen LogP contribution in [0.1, 0.15) is 24.4 Å². The molecule has 0 saturated heterocycles. The standard InChI is InChI=1S/C17H15F2IN4O2S/c1-2-26-16(25)15(14-13-3-8(18)6-23(13)17(27)21-14)24-7-10-11(19)4-9(20)5-12(10)22-24/h4-5,7-8,15H,2-3,6H2,1H3,(H,21,27)/t8-,15?/m1/s1. The van der Waals surface area contributed by atoms with Gasteiger partial charge in [-0.3, -0.25) is 4.68 Å². The number of alkyl halides is 1. The van der Waals surface area contributed by atoms with Gasteiger partial charge in [-0.1, -0.05) is 0 Å². The molecule has 0 bridgehead atoms. The smallest absolute Gasteiger partial charge is 0.337 e. The average molecular weight is 504 g/mol. The number of halogens is 3. The van der Waals surface area contributed by atoms with Crippen LogP contribution in [-0.2, 0) is 22.5 Å². The highest BCUT2D eigenvalue weighted by Gasteiger charge is 2.35. The van der Waals surface area contributed by atoms with Gasteiger partial charge in [0.15, 0.2) is 10.8 Å². The summed E-state index contributed by atoms with van der Waals surface area (Å²) in [5.74, 6) is -0.994. The van der Waals surface area contributed by atoms with Crippen LogP contribution in [0, 0.1) is 14.2 Å². The van der Waals surface area contributed by atoms with Gasteiger partial charge in [0.25, 0.3) is 0 Å². The van der Waals surface area contributed by atoms with Crippen molar-refractivity contribution >= 4 is 51.7 Å². The second kappa shape index (κ2) is 6.97. The SMILES string of the molecule is CCOC(=O)C(c1[nH]c(=S)n2c1C[C@@H](F)C2)n1cc2c(F)cc(I)cc2n1. The van der Waals surface area contributed by atoms with E-state index in [-0.39, 0.29) is 19.6 Å². The summed E-state index contributed by atoms with van der Waals surface area (Å²) >= 11 is 7.28. The Labute approximate surface area is 171 Å². The predicted molar refractivity (Wildman–Crippen MR) is 105 cm³/mol. The number of aromatic amines is 1. The summed E-state index contributed by atoms with van der Waals surface area (Å²) in [5.41, 5.74) is 1.47. The Balaban J connectivity index is 1.89. The lowest BCUT2D eigenvalue weighted by atomic mass is 10.1. The van der Waals surface area contributed by atoms with Crippen LogP contribution in [0.4, 0.5) is 8.78 Å². The van der Waals surface area contributed by atoms with E-state index in [2.05, 4.69) is 10.1 Å². The van der Waals surface area contributed by atoms with E-state index in [4.69, 9.17) is 17.0 Å². The van der Waals surface area contributed by atoms with E-state index in [1.54, 1.807) is 17.6 Å². The Bertz CT molecular complexity index is 1110. The third-order valence-corrected chi connectivity index (χ3v) is 5.47. The minimum Gasteiger partial charge on any atom is -0.464 e. The highest BCUT2D eigenvalue weighted by Crippen LogP contribution is 2.30. The van der Waals surface area contributed by atoms with E-state index in [9.17, 15) is 13.6 Å². The maximum absolute atomic E-state index is 14.3.